The molecule has 1 fully saturated rings. The maximum atomic E-state index is 12.4. The third-order valence-corrected chi connectivity index (χ3v) is 4.23. The van der Waals surface area contributed by atoms with Crippen molar-refractivity contribution in [3.05, 3.63) is 24.2 Å². The van der Waals surface area contributed by atoms with Gasteiger partial charge in [0.25, 0.3) is 0 Å². The first-order chi connectivity index (χ1) is 9.54. The summed E-state index contributed by atoms with van der Waals surface area (Å²) < 4.78 is 5.25. The zero-order valence-corrected chi connectivity index (χ0v) is 12.4. The summed E-state index contributed by atoms with van der Waals surface area (Å²) in [6, 6.07) is 3.66. The van der Waals surface area contributed by atoms with Crippen molar-refractivity contribution >= 4 is 5.91 Å². The van der Waals surface area contributed by atoms with E-state index < -0.39 is 6.04 Å². The van der Waals surface area contributed by atoms with Crippen LogP contribution in [0.25, 0.3) is 0 Å². The number of likely N-dealkylation sites (tertiary alicyclic amines) is 1. The first-order valence-electron chi connectivity index (χ1n) is 7.26. The van der Waals surface area contributed by atoms with Crippen molar-refractivity contribution in [1.82, 2.24) is 10.2 Å². The summed E-state index contributed by atoms with van der Waals surface area (Å²) in [5.74, 6) is 0.511. The lowest BCUT2D eigenvalue weighted by atomic mass is 10.1. The highest BCUT2D eigenvalue weighted by Gasteiger charge is 2.35. The molecule has 0 aliphatic carbocycles. The van der Waals surface area contributed by atoms with E-state index in [1.807, 2.05) is 6.92 Å². The molecule has 0 spiro atoms. The van der Waals surface area contributed by atoms with Gasteiger partial charge in [-0.1, -0.05) is 0 Å². The molecule has 0 bridgehead atoms. The number of rotatable bonds is 5. The molecular weight excluding hydrogens is 256 g/mol. The van der Waals surface area contributed by atoms with Crippen molar-refractivity contribution in [3.63, 3.8) is 0 Å². The normalized spacial score (nSPS) is 26.4. The molecular formula is C15H24N2O3. The number of carbonyl (C=O) groups is 1. The van der Waals surface area contributed by atoms with Gasteiger partial charge in [0.1, 0.15) is 11.8 Å². The zero-order valence-electron chi connectivity index (χ0n) is 12.4. The number of aliphatic hydroxyl groups excluding tert-OH is 1. The number of hydrogen-bond donors (Lipinski definition) is 2. The van der Waals surface area contributed by atoms with Crippen LogP contribution in [0.1, 0.15) is 45.4 Å². The molecule has 2 rings (SSSR count). The molecule has 0 aromatic carbocycles. The monoisotopic (exact) mass is 280 g/mol. The molecule has 4 unspecified atom stereocenters. The minimum Gasteiger partial charge on any atom is -0.467 e. The fourth-order valence-electron chi connectivity index (χ4n) is 3.10. The number of aliphatic hydroxyl groups is 1. The minimum atomic E-state index is -0.479. The van der Waals surface area contributed by atoms with Crippen molar-refractivity contribution in [3.8, 4) is 0 Å². The van der Waals surface area contributed by atoms with Gasteiger partial charge in [-0.05, 0) is 45.7 Å². The second-order valence-corrected chi connectivity index (χ2v) is 5.66. The molecule has 1 saturated heterocycles. The highest BCUT2D eigenvalue weighted by Crippen LogP contribution is 2.26. The van der Waals surface area contributed by atoms with Crippen molar-refractivity contribution in [2.24, 2.45) is 0 Å². The van der Waals surface area contributed by atoms with Gasteiger partial charge < -0.3 is 14.8 Å². The van der Waals surface area contributed by atoms with E-state index >= 15 is 0 Å². The van der Waals surface area contributed by atoms with E-state index in [2.05, 4.69) is 24.1 Å². The Balaban J connectivity index is 2.00. The Morgan fingerprint density at radius 3 is 2.65 bits per heavy atom. The third-order valence-electron chi connectivity index (χ3n) is 4.23. The Hall–Kier alpha value is -1.33. The lowest BCUT2D eigenvalue weighted by molar-refractivity contribution is -0.128. The van der Waals surface area contributed by atoms with Gasteiger partial charge in [-0.15, -0.1) is 0 Å². The van der Waals surface area contributed by atoms with Gasteiger partial charge in [-0.25, -0.2) is 0 Å². The Morgan fingerprint density at radius 1 is 1.50 bits per heavy atom. The second-order valence-electron chi connectivity index (χ2n) is 5.66. The Labute approximate surface area is 119 Å². The molecule has 2 N–H and O–H groups in total. The van der Waals surface area contributed by atoms with E-state index in [1.54, 1.807) is 12.1 Å². The van der Waals surface area contributed by atoms with E-state index in [4.69, 9.17) is 4.42 Å². The highest BCUT2D eigenvalue weighted by molar-refractivity contribution is 5.81. The van der Waals surface area contributed by atoms with Crippen LogP contribution in [0, 0.1) is 0 Å². The number of carbonyl (C=O) groups excluding carboxylic acids is 1. The molecule has 5 nitrogen and oxygen atoms in total. The average Bonchev–Trinajstić information content (AvgIpc) is 3.05. The smallest absolute Gasteiger partial charge is 0.237 e. The molecule has 5 heteroatoms. The van der Waals surface area contributed by atoms with E-state index in [0.29, 0.717) is 17.8 Å². The molecule has 20 heavy (non-hydrogen) atoms. The lowest BCUT2D eigenvalue weighted by Gasteiger charge is -2.32. The molecule has 0 radical (unpaired) electrons. The van der Waals surface area contributed by atoms with Crippen LogP contribution in [0.4, 0.5) is 0 Å². The lowest BCUT2D eigenvalue weighted by Crippen LogP contribution is -2.50. The zero-order chi connectivity index (χ0) is 14.7. The van der Waals surface area contributed by atoms with Crippen LogP contribution >= 0.6 is 0 Å². The first kappa shape index (κ1) is 15.1. The summed E-state index contributed by atoms with van der Waals surface area (Å²) in [7, 11) is 0. The Morgan fingerprint density at radius 2 is 2.15 bits per heavy atom. The molecule has 4 atom stereocenters. The minimum absolute atomic E-state index is 0.0685. The van der Waals surface area contributed by atoms with Crippen LogP contribution in [-0.4, -0.2) is 40.6 Å². The van der Waals surface area contributed by atoms with Crippen molar-refractivity contribution < 1.29 is 14.3 Å². The first-order valence-corrected chi connectivity index (χ1v) is 7.26. The van der Waals surface area contributed by atoms with Crippen LogP contribution in [0.5, 0.6) is 0 Å². The predicted molar refractivity (Wildman–Crippen MR) is 76.1 cm³/mol. The van der Waals surface area contributed by atoms with E-state index in [-0.39, 0.29) is 18.6 Å². The molecule has 112 valence electrons. The van der Waals surface area contributed by atoms with Crippen molar-refractivity contribution in [1.29, 1.82) is 0 Å². The third kappa shape index (κ3) is 3.04. The summed E-state index contributed by atoms with van der Waals surface area (Å²) in [5.41, 5.74) is 0. The molecule has 1 amide bonds. The SMILES string of the molecule is CC1CCC(C)N1C(C)C(=O)NC(CO)c1ccco1. The van der Waals surface area contributed by atoms with E-state index in [9.17, 15) is 9.90 Å². The summed E-state index contributed by atoms with van der Waals surface area (Å²) in [5, 5.41) is 12.3. The molecule has 1 aliphatic heterocycles. The second kappa shape index (κ2) is 6.41. The predicted octanol–water partition coefficient (Wildman–Crippen LogP) is 1.69. The van der Waals surface area contributed by atoms with Crippen molar-refractivity contribution in [2.75, 3.05) is 6.61 Å². The van der Waals surface area contributed by atoms with Gasteiger partial charge in [0.05, 0.1) is 18.9 Å². The van der Waals surface area contributed by atoms with Crippen LogP contribution in [0.3, 0.4) is 0 Å². The average molecular weight is 280 g/mol. The molecule has 1 aliphatic rings. The van der Waals surface area contributed by atoms with E-state index in [1.165, 1.54) is 6.26 Å². The largest absolute Gasteiger partial charge is 0.467 e. The number of amides is 1. The Bertz CT molecular complexity index is 422. The van der Waals surface area contributed by atoms with Crippen molar-refractivity contribution in [2.45, 2.75) is 57.8 Å². The molecule has 1 aromatic heterocycles. The highest BCUT2D eigenvalue weighted by atomic mass is 16.3. The number of nitrogens with one attached hydrogen (secondary N) is 1. The standard InChI is InChI=1S/C15H24N2O3/c1-10-6-7-11(2)17(10)12(3)15(19)16-13(9-18)14-5-4-8-20-14/h4-5,8,10-13,18H,6-7,9H2,1-3H3,(H,16,19). The molecule has 2 heterocycles. The molecule has 1 aromatic rings. The summed E-state index contributed by atoms with van der Waals surface area (Å²) in [4.78, 5) is 14.6. The summed E-state index contributed by atoms with van der Waals surface area (Å²) in [6.07, 6.45) is 3.79. The van der Waals surface area contributed by atoms with Gasteiger partial charge in [0, 0.05) is 12.1 Å². The number of nitrogens with zero attached hydrogens (tertiary/aromatic N) is 1. The summed E-state index contributed by atoms with van der Waals surface area (Å²) in [6.45, 7) is 6.06. The molecule has 0 saturated carbocycles. The van der Waals surface area contributed by atoms with Crippen LogP contribution < -0.4 is 5.32 Å². The number of hydrogen-bond acceptors (Lipinski definition) is 4. The quantitative estimate of drug-likeness (QED) is 0.861. The van der Waals surface area contributed by atoms with Gasteiger partial charge in [0.2, 0.25) is 5.91 Å². The van der Waals surface area contributed by atoms with Crippen LogP contribution in [-0.2, 0) is 4.79 Å². The van der Waals surface area contributed by atoms with Gasteiger partial charge in [-0.2, -0.15) is 0 Å². The maximum absolute atomic E-state index is 12.4. The fourth-order valence-corrected chi connectivity index (χ4v) is 3.10. The topological polar surface area (TPSA) is 65.7 Å². The van der Waals surface area contributed by atoms with Gasteiger partial charge in [-0.3, -0.25) is 9.69 Å². The van der Waals surface area contributed by atoms with Gasteiger partial charge >= 0.3 is 0 Å². The fraction of sp³-hybridized carbons (Fsp3) is 0.667. The Kier molecular flexibility index (Phi) is 4.83. The van der Waals surface area contributed by atoms with Gasteiger partial charge in [0.15, 0.2) is 0 Å². The number of furan rings is 1. The van der Waals surface area contributed by atoms with Crippen LogP contribution in [0.15, 0.2) is 22.8 Å². The maximum Gasteiger partial charge on any atom is 0.237 e. The van der Waals surface area contributed by atoms with E-state index in [0.717, 1.165) is 12.8 Å². The summed E-state index contributed by atoms with van der Waals surface area (Å²) >= 11 is 0. The van der Waals surface area contributed by atoms with Crippen LogP contribution in [0.2, 0.25) is 0 Å².